The summed E-state index contributed by atoms with van der Waals surface area (Å²) in [5.41, 5.74) is 6.48. The summed E-state index contributed by atoms with van der Waals surface area (Å²) in [5, 5.41) is 20.4. The van der Waals surface area contributed by atoms with E-state index in [1.807, 2.05) is 6.92 Å². The lowest BCUT2D eigenvalue weighted by Gasteiger charge is -2.16. The molecule has 0 aromatic carbocycles. The lowest BCUT2D eigenvalue weighted by atomic mass is 10.1. The van der Waals surface area contributed by atoms with E-state index in [0.29, 0.717) is 17.6 Å². The number of aromatic nitrogens is 4. The highest BCUT2D eigenvalue weighted by Crippen LogP contribution is 2.32. The molecular weight excluding hydrogens is 318 g/mol. The van der Waals surface area contributed by atoms with Crippen LogP contribution in [-0.2, 0) is 14.3 Å². The van der Waals surface area contributed by atoms with E-state index < -0.39 is 24.5 Å². The molecule has 3 heterocycles. The number of esters is 1. The summed E-state index contributed by atoms with van der Waals surface area (Å²) in [6.07, 6.45) is -0.567. The lowest BCUT2D eigenvalue weighted by molar-refractivity contribution is -0.150. The van der Waals surface area contributed by atoms with Crippen molar-refractivity contribution in [3.05, 3.63) is 12.7 Å². The Morgan fingerprint density at radius 3 is 2.92 bits per heavy atom. The minimum Gasteiger partial charge on any atom is -0.463 e. The van der Waals surface area contributed by atoms with Crippen molar-refractivity contribution in [2.45, 2.75) is 44.3 Å². The van der Waals surface area contributed by atoms with E-state index in [4.69, 9.17) is 15.2 Å². The number of nitrogens with two attached hydrogens (primary N) is 1. The third-order valence-corrected chi connectivity index (χ3v) is 3.86. The SMILES string of the molecule is CCCC(=O)OC[C@H]1O[C@@H](n2cnc3c(N)ncnc32)[C@@H](O)[C@@H]1O. The van der Waals surface area contributed by atoms with E-state index in [2.05, 4.69) is 15.0 Å². The van der Waals surface area contributed by atoms with Gasteiger partial charge in [0.2, 0.25) is 0 Å². The van der Waals surface area contributed by atoms with E-state index in [9.17, 15) is 15.0 Å². The molecule has 10 nitrogen and oxygen atoms in total. The molecule has 2 aromatic heterocycles. The van der Waals surface area contributed by atoms with E-state index in [1.54, 1.807) is 0 Å². The fourth-order valence-electron chi connectivity index (χ4n) is 2.60. The minimum atomic E-state index is -1.23. The van der Waals surface area contributed by atoms with Gasteiger partial charge < -0.3 is 25.4 Å². The second-order valence-electron chi connectivity index (χ2n) is 5.56. The molecule has 0 spiro atoms. The molecule has 130 valence electrons. The predicted octanol–water partition coefficient (Wildman–Crippen LogP) is -0.629. The zero-order valence-corrected chi connectivity index (χ0v) is 13.1. The molecule has 10 heteroatoms. The van der Waals surface area contributed by atoms with Crippen molar-refractivity contribution in [1.29, 1.82) is 0 Å². The fraction of sp³-hybridized carbons (Fsp3) is 0.571. The van der Waals surface area contributed by atoms with Crippen LogP contribution >= 0.6 is 0 Å². The van der Waals surface area contributed by atoms with Gasteiger partial charge >= 0.3 is 5.97 Å². The number of nitrogens with zero attached hydrogens (tertiary/aromatic N) is 4. The van der Waals surface area contributed by atoms with Crippen LogP contribution in [0, 0.1) is 0 Å². The predicted molar refractivity (Wildman–Crippen MR) is 81.5 cm³/mol. The number of nitrogen functional groups attached to an aromatic ring is 1. The quantitative estimate of drug-likeness (QED) is 0.607. The first-order chi connectivity index (χ1) is 11.5. The molecule has 0 unspecified atom stereocenters. The number of fused-ring (bicyclic) bond motifs is 1. The smallest absolute Gasteiger partial charge is 0.305 e. The number of imidazole rings is 1. The van der Waals surface area contributed by atoms with Crippen LogP contribution < -0.4 is 5.73 Å². The maximum atomic E-state index is 11.4. The van der Waals surface area contributed by atoms with E-state index in [-0.39, 0.29) is 24.8 Å². The summed E-state index contributed by atoms with van der Waals surface area (Å²) in [4.78, 5) is 23.5. The summed E-state index contributed by atoms with van der Waals surface area (Å²) in [5.74, 6) is -0.170. The lowest BCUT2D eigenvalue weighted by Crippen LogP contribution is -2.34. The summed E-state index contributed by atoms with van der Waals surface area (Å²) in [6, 6.07) is 0. The van der Waals surface area contributed by atoms with Gasteiger partial charge in [0.1, 0.15) is 36.8 Å². The average molecular weight is 337 g/mol. The van der Waals surface area contributed by atoms with E-state index in [1.165, 1.54) is 17.2 Å². The standard InChI is InChI=1S/C14H19N5O5/c1-2-3-8(20)23-4-7-10(21)11(22)14(24-7)19-6-18-9-12(15)16-5-17-13(9)19/h5-7,10-11,14,21-22H,2-4H2,1H3,(H2,15,16,17)/t7-,10-,11+,14-/m1/s1. The molecule has 1 aliphatic heterocycles. The number of rotatable bonds is 5. The summed E-state index contributed by atoms with van der Waals surface area (Å²) in [7, 11) is 0. The summed E-state index contributed by atoms with van der Waals surface area (Å²) >= 11 is 0. The van der Waals surface area contributed by atoms with Gasteiger partial charge in [0, 0.05) is 6.42 Å². The van der Waals surface area contributed by atoms with Gasteiger partial charge in [-0.25, -0.2) is 15.0 Å². The minimum absolute atomic E-state index is 0.142. The van der Waals surface area contributed by atoms with E-state index in [0.717, 1.165) is 0 Å². The van der Waals surface area contributed by atoms with Crippen LogP contribution in [0.25, 0.3) is 11.2 Å². The van der Waals surface area contributed by atoms with Gasteiger partial charge in [-0.1, -0.05) is 6.92 Å². The van der Waals surface area contributed by atoms with Crippen LogP contribution in [0.1, 0.15) is 26.0 Å². The number of aliphatic hydroxyl groups is 2. The molecular formula is C14H19N5O5. The van der Waals surface area contributed by atoms with Crippen molar-refractivity contribution in [1.82, 2.24) is 19.5 Å². The van der Waals surface area contributed by atoms with Gasteiger partial charge in [-0.05, 0) is 6.42 Å². The summed E-state index contributed by atoms with van der Waals surface area (Å²) in [6.45, 7) is 1.72. The molecule has 24 heavy (non-hydrogen) atoms. The number of carbonyl (C=O) groups is 1. The molecule has 3 rings (SSSR count). The van der Waals surface area contributed by atoms with Crippen LogP contribution in [0.4, 0.5) is 5.82 Å². The normalized spacial score (nSPS) is 26.8. The highest BCUT2D eigenvalue weighted by Gasteiger charge is 2.44. The van der Waals surface area contributed by atoms with Crippen LogP contribution in [0.3, 0.4) is 0 Å². The summed E-state index contributed by atoms with van der Waals surface area (Å²) < 4.78 is 12.2. The molecule has 0 radical (unpaired) electrons. The van der Waals surface area contributed by atoms with Gasteiger partial charge in [0.05, 0.1) is 6.33 Å². The van der Waals surface area contributed by atoms with Crippen molar-refractivity contribution >= 4 is 23.0 Å². The maximum Gasteiger partial charge on any atom is 0.305 e. The number of ether oxygens (including phenoxy) is 2. The first kappa shape index (κ1) is 16.6. The second kappa shape index (κ2) is 6.67. The van der Waals surface area contributed by atoms with Crippen LogP contribution in [-0.4, -0.2) is 60.6 Å². The Morgan fingerprint density at radius 1 is 1.38 bits per heavy atom. The highest BCUT2D eigenvalue weighted by molar-refractivity contribution is 5.81. The molecule has 4 atom stereocenters. The van der Waals surface area contributed by atoms with Crippen LogP contribution in [0.15, 0.2) is 12.7 Å². The highest BCUT2D eigenvalue weighted by atomic mass is 16.6. The van der Waals surface area contributed by atoms with Gasteiger partial charge in [-0.2, -0.15) is 0 Å². The molecule has 0 saturated carbocycles. The Balaban J connectivity index is 1.77. The number of carbonyl (C=O) groups excluding carboxylic acids is 1. The molecule has 2 aromatic rings. The topological polar surface area (TPSA) is 146 Å². The Labute approximate surface area is 137 Å². The second-order valence-corrected chi connectivity index (χ2v) is 5.56. The Kier molecular flexibility index (Phi) is 4.60. The first-order valence-corrected chi connectivity index (χ1v) is 7.63. The van der Waals surface area contributed by atoms with Crippen molar-refractivity contribution in [2.75, 3.05) is 12.3 Å². The first-order valence-electron chi connectivity index (χ1n) is 7.63. The molecule has 1 fully saturated rings. The largest absolute Gasteiger partial charge is 0.463 e. The van der Waals surface area contributed by atoms with Crippen molar-refractivity contribution in [3.63, 3.8) is 0 Å². The molecule has 1 saturated heterocycles. The molecule has 0 aliphatic carbocycles. The van der Waals surface area contributed by atoms with Crippen molar-refractivity contribution < 1.29 is 24.5 Å². The monoisotopic (exact) mass is 337 g/mol. The molecule has 0 amide bonds. The molecule has 4 N–H and O–H groups in total. The van der Waals surface area contributed by atoms with Gasteiger partial charge in [-0.3, -0.25) is 9.36 Å². The van der Waals surface area contributed by atoms with E-state index >= 15 is 0 Å². The van der Waals surface area contributed by atoms with Crippen molar-refractivity contribution in [2.24, 2.45) is 0 Å². The average Bonchev–Trinajstić information content (AvgIpc) is 3.10. The van der Waals surface area contributed by atoms with Gasteiger partial charge in [0.15, 0.2) is 17.7 Å². The number of hydrogen-bond acceptors (Lipinski definition) is 9. The van der Waals surface area contributed by atoms with Crippen LogP contribution in [0.2, 0.25) is 0 Å². The number of hydrogen-bond donors (Lipinski definition) is 3. The van der Waals surface area contributed by atoms with Crippen molar-refractivity contribution in [3.8, 4) is 0 Å². The third-order valence-electron chi connectivity index (χ3n) is 3.86. The third kappa shape index (κ3) is 2.90. The number of aliphatic hydroxyl groups excluding tert-OH is 2. The Hall–Kier alpha value is -2.30. The number of anilines is 1. The zero-order valence-electron chi connectivity index (χ0n) is 13.1. The Morgan fingerprint density at radius 2 is 2.17 bits per heavy atom. The van der Waals surface area contributed by atoms with Gasteiger partial charge in [-0.15, -0.1) is 0 Å². The van der Waals surface area contributed by atoms with Gasteiger partial charge in [0.25, 0.3) is 0 Å². The maximum absolute atomic E-state index is 11.4. The molecule has 1 aliphatic rings. The van der Waals surface area contributed by atoms with Crippen LogP contribution in [0.5, 0.6) is 0 Å². The zero-order chi connectivity index (χ0) is 17.3. The Bertz CT molecular complexity index is 735. The fourth-order valence-corrected chi connectivity index (χ4v) is 2.60. The molecule has 0 bridgehead atoms.